The monoisotopic (exact) mass is 326 g/mol. The molecule has 11 heteroatoms. The summed E-state index contributed by atoms with van der Waals surface area (Å²) in [6, 6.07) is 0. The predicted molar refractivity (Wildman–Crippen MR) is 75.0 cm³/mol. The number of fused-ring (bicyclic) bond motifs is 1. The fourth-order valence-corrected chi connectivity index (χ4v) is 2.57. The summed E-state index contributed by atoms with van der Waals surface area (Å²) < 4.78 is 6.14. The van der Waals surface area contributed by atoms with Gasteiger partial charge in [-0.25, -0.2) is 9.78 Å². The molecular weight excluding hydrogens is 312 g/mol. The van der Waals surface area contributed by atoms with Gasteiger partial charge in [-0.2, -0.15) is 0 Å². The molecule has 23 heavy (non-hydrogen) atoms. The molecule has 0 amide bonds. The van der Waals surface area contributed by atoms with Crippen LogP contribution in [-0.2, 0) is 4.74 Å². The lowest BCUT2D eigenvalue weighted by atomic mass is 10.1. The largest absolute Gasteiger partial charge is 0.394 e. The average molecular weight is 326 g/mol. The Hall–Kier alpha value is -2.34. The lowest BCUT2D eigenvalue weighted by Gasteiger charge is -2.19. The number of aliphatic hydroxyl groups is 3. The second-order valence-electron chi connectivity index (χ2n) is 5.21. The van der Waals surface area contributed by atoms with Crippen molar-refractivity contribution < 1.29 is 20.1 Å². The molecule has 1 aliphatic rings. The number of aliphatic hydroxyl groups excluding tert-OH is 3. The van der Waals surface area contributed by atoms with Crippen molar-refractivity contribution in [2.75, 3.05) is 6.61 Å². The van der Waals surface area contributed by atoms with Crippen LogP contribution < -0.4 is 16.8 Å². The molecule has 3 heterocycles. The van der Waals surface area contributed by atoms with Crippen LogP contribution in [-0.4, -0.2) is 59.8 Å². The fraction of sp³-hybridized carbons (Fsp3) is 0.500. The smallest absolute Gasteiger partial charge is 0.327 e. The maximum absolute atomic E-state index is 12.4. The number of ether oxygens (including phenoxy) is 1. The summed E-state index contributed by atoms with van der Waals surface area (Å²) in [4.78, 5) is 43.8. The SMILES string of the molecule is Cc1nc2c(=O)[nH]c(=O)[nH]c2n(C2OC(CO)C(O)C2O)c1=O. The van der Waals surface area contributed by atoms with E-state index in [-0.39, 0.29) is 16.9 Å². The Bertz CT molecular complexity index is 930. The Balaban J connectivity index is 2.33. The van der Waals surface area contributed by atoms with E-state index in [9.17, 15) is 24.6 Å². The summed E-state index contributed by atoms with van der Waals surface area (Å²) in [5, 5.41) is 29.0. The Labute approximate surface area is 126 Å². The molecule has 0 aromatic carbocycles. The normalized spacial score (nSPS) is 27.7. The first-order valence-electron chi connectivity index (χ1n) is 6.73. The zero-order valence-corrected chi connectivity index (χ0v) is 11.9. The molecule has 1 aliphatic heterocycles. The van der Waals surface area contributed by atoms with E-state index in [1.165, 1.54) is 6.92 Å². The number of hydrogen-bond donors (Lipinski definition) is 5. The molecule has 1 saturated heterocycles. The number of nitrogens with zero attached hydrogens (tertiary/aromatic N) is 2. The van der Waals surface area contributed by atoms with Crippen molar-refractivity contribution in [3.05, 3.63) is 36.9 Å². The van der Waals surface area contributed by atoms with Gasteiger partial charge >= 0.3 is 5.69 Å². The van der Waals surface area contributed by atoms with Crippen molar-refractivity contribution in [3.63, 3.8) is 0 Å². The second kappa shape index (κ2) is 5.38. The molecule has 0 bridgehead atoms. The van der Waals surface area contributed by atoms with Crippen molar-refractivity contribution in [1.82, 2.24) is 19.5 Å². The summed E-state index contributed by atoms with van der Waals surface area (Å²) in [6.45, 7) is 0.771. The maximum Gasteiger partial charge on any atom is 0.327 e. The quantitative estimate of drug-likeness (QED) is 0.382. The van der Waals surface area contributed by atoms with Gasteiger partial charge in [0.25, 0.3) is 11.1 Å². The molecule has 124 valence electrons. The Morgan fingerprint density at radius 1 is 1.22 bits per heavy atom. The van der Waals surface area contributed by atoms with E-state index >= 15 is 0 Å². The van der Waals surface area contributed by atoms with Gasteiger partial charge < -0.3 is 20.1 Å². The molecule has 5 N–H and O–H groups in total. The van der Waals surface area contributed by atoms with Crippen LogP contribution in [0, 0.1) is 6.92 Å². The molecule has 0 aliphatic carbocycles. The molecular formula is C12H14N4O7. The van der Waals surface area contributed by atoms with Crippen LogP contribution in [0.1, 0.15) is 11.9 Å². The van der Waals surface area contributed by atoms with Crippen LogP contribution in [0.2, 0.25) is 0 Å². The first kappa shape index (κ1) is 15.6. The highest BCUT2D eigenvalue weighted by atomic mass is 16.6. The molecule has 2 aromatic heterocycles. The van der Waals surface area contributed by atoms with Crippen LogP contribution in [0.5, 0.6) is 0 Å². The lowest BCUT2D eigenvalue weighted by molar-refractivity contribution is -0.0526. The van der Waals surface area contributed by atoms with Crippen LogP contribution >= 0.6 is 0 Å². The number of aryl methyl sites for hydroxylation is 1. The third-order valence-electron chi connectivity index (χ3n) is 3.72. The highest BCUT2D eigenvalue weighted by molar-refractivity contribution is 5.68. The Morgan fingerprint density at radius 2 is 1.91 bits per heavy atom. The highest BCUT2D eigenvalue weighted by Crippen LogP contribution is 2.29. The Morgan fingerprint density at radius 3 is 2.52 bits per heavy atom. The van der Waals surface area contributed by atoms with E-state index in [0.29, 0.717) is 0 Å². The molecule has 0 saturated carbocycles. The molecule has 4 atom stereocenters. The van der Waals surface area contributed by atoms with Crippen molar-refractivity contribution in [3.8, 4) is 0 Å². The highest BCUT2D eigenvalue weighted by Gasteiger charge is 2.44. The van der Waals surface area contributed by atoms with Gasteiger partial charge in [0.2, 0.25) is 0 Å². The minimum atomic E-state index is -1.54. The predicted octanol–water partition coefficient (Wildman–Crippen LogP) is -3.31. The number of nitrogens with one attached hydrogen (secondary N) is 2. The third kappa shape index (κ3) is 2.30. The summed E-state index contributed by atoms with van der Waals surface area (Å²) >= 11 is 0. The molecule has 0 spiro atoms. The van der Waals surface area contributed by atoms with Gasteiger partial charge in [-0.3, -0.25) is 24.1 Å². The number of H-pyrrole nitrogens is 2. The van der Waals surface area contributed by atoms with E-state index in [1.807, 2.05) is 4.98 Å². The first-order chi connectivity index (χ1) is 10.8. The summed E-state index contributed by atoms with van der Waals surface area (Å²) in [6.07, 6.45) is -5.48. The Kier molecular flexibility index (Phi) is 3.64. The van der Waals surface area contributed by atoms with Crippen LogP contribution in [0.3, 0.4) is 0 Å². The number of hydrogen-bond acceptors (Lipinski definition) is 8. The molecule has 4 unspecified atom stereocenters. The summed E-state index contributed by atoms with van der Waals surface area (Å²) in [5.41, 5.74) is -2.93. The van der Waals surface area contributed by atoms with Gasteiger partial charge in [-0.15, -0.1) is 0 Å². The van der Waals surface area contributed by atoms with Gasteiger partial charge in [0, 0.05) is 0 Å². The van der Waals surface area contributed by atoms with E-state index in [2.05, 4.69) is 9.97 Å². The average Bonchev–Trinajstić information content (AvgIpc) is 2.77. The van der Waals surface area contributed by atoms with Gasteiger partial charge in [0.15, 0.2) is 17.4 Å². The number of aromatic nitrogens is 4. The van der Waals surface area contributed by atoms with Crippen molar-refractivity contribution in [2.24, 2.45) is 0 Å². The van der Waals surface area contributed by atoms with Gasteiger partial charge in [-0.1, -0.05) is 0 Å². The number of aromatic amines is 2. The van der Waals surface area contributed by atoms with E-state index in [0.717, 1.165) is 4.57 Å². The molecule has 1 fully saturated rings. The van der Waals surface area contributed by atoms with Gasteiger partial charge in [0.05, 0.1) is 6.61 Å². The van der Waals surface area contributed by atoms with Crippen LogP contribution in [0.25, 0.3) is 11.2 Å². The van der Waals surface area contributed by atoms with Gasteiger partial charge in [-0.05, 0) is 6.92 Å². The van der Waals surface area contributed by atoms with Gasteiger partial charge in [0.1, 0.15) is 24.0 Å². The maximum atomic E-state index is 12.4. The van der Waals surface area contributed by atoms with Crippen molar-refractivity contribution in [1.29, 1.82) is 0 Å². The third-order valence-corrected chi connectivity index (χ3v) is 3.72. The zero-order valence-electron chi connectivity index (χ0n) is 11.9. The molecule has 2 aromatic rings. The van der Waals surface area contributed by atoms with E-state index in [4.69, 9.17) is 9.84 Å². The summed E-state index contributed by atoms with van der Waals surface area (Å²) in [7, 11) is 0. The second-order valence-corrected chi connectivity index (χ2v) is 5.21. The van der Waals surface area contributed by atoms with E-state index < -0.39 is 48.0 Å². The van der Waals surface area contributed by atoms with E-state index in [1.54, 1.807) is 0 Å². The fourth-order valence-electron chi connectivity index (χ4n) is 2.57. The number of rotatable bonds is 2. The minimum absolute atomic E-state index is 0.0622. The van der Waals surface area contributed by atoms with Crippen molar-refractivity contribution >= 4 is 11.2 Å². The summed E-state index contributed by atoms with van der Waals surface area (Å²) in [5.74, 6) is 0. The topological polar surface area (TPSA) is 171 Å². The first-order valence-corrected chi connectivity index (χ1v) is 6.73. The molecule has 11 nitrogen and oxygen atoms in total. The van der Waals surface area contributed by atoms with Crippen LogP contribution in [0.15, 0.2) is 14.4 Å². The standard InChI is InChI=1S/C12H14N4O7/c1-3-10(21)16(11-7(19)6(18)4(2-17)23-11)8-5(13-3)9(20)15-12(22)14-8/h4,6-7,11,17-19H,2H2,1H3,(H2,14,15,20,22). The lowest BCUT2D eigenvalue weighted by Crippen LogP contribution is -2.38. The zero-order chi connectivity index (χ0) is 16.9. The van der Waals surface area contributed by atoms with Crippen molar-refractivity contribution in [2.45, 2.75) is 31.5 Å². The molecule has 0 radical (unpaired) electrons. The van der Waals surface area contributed by atoms with Crippen LogP contribution in [0.4, 0.5) is 0 Å². The molecule has 3 rings (SSSR count). The minimum Gasteiger partial charge on any atom is -0.394 e.